The van der Waals surface area contributed by atoms with Crippen LogP contribution in [0.5, 0.6) is 0 Å². The van der Waals surface area contributed by atoms with Crippen molar-refractivity contribution in [3.8, 4) is 0 Å². The lowest BCUT2D eigenvalue weighted by atomic mass is 10.2. The molecular weight excluding hydrogens is 230 g/mol. The number of anilines is 1. The van der Waals surface area contributed by atoms with Crippen LogP contribution >= 0.6 is 0 Å². The number of likely N-dealkylation sites (N-methyl/N-ethyl adjacent to an activating group) is 1. The Balaban J connectivity index is 1.88. The van der Waals surface area contributed by atoms with Crippen LogP contribution in [0.25, 0.3) is 0 Å². The van der Waals surface area contributed by atoms with E-state index in [2.05, 4.69) is 22.1 Å². The Kier molecular flexibility index (Phi) is 4.15. The van der Waals surface area contributed by atoms with E-state index in [1.807, 2.05) is 0 Å². The molecule has 0 spiro atoms. The summed E-state index contributed by atoms with van der Waals surface area (Å²) in [6, 6.07) is 3.87. The van der Waals surface area contributed by atoms with Gasteiger partial charge < -0.3 is 10.4 Å². The number of aromatic nitrogens is 1. The summed E-state index contributed by atoms with van der Waals surface area (Å²) in [4.78, 5) is 17.0. The zero-order chi connectivity index (χ0) is 13.0. The van der Waals surface area contributed by atoms with E-state index in [1.165, 1.54) is 25.5 Å². The van der Waals surface area contributed by atoms with Gasteiger partial charge in [0.05, 0.1) is 11.9 Å². The maximum Gasteiger partial charge on any atom is 0.354 e. The number of hydrogen-bond donors (Lipinski definition) is 2. The molecule has 1 aromatic rings. The van der Waals surface area contributed by atoms with Crippen LogP contribution in [0.1, 0.15) is 30.3 Å². The van der Waals surface area contributed by atoms with Crippen LogP contribution in [0.4, 0.5) is 5.69 Å². The lowest BCUT2D eigenvalue weighted by Crippen LogP contribution is -2.34. The molecule has 0 saturated carbocycles. The van der Waals surface area contributed by atoms with E-state index in [4.69, 9.17) is 5.11 Å². The fourth-order valence-corrected chi connectivity index (χ4v) is 2.40. The molecule has 1 saturated heterocycles. The Labute approximate surface area is 107 Å². The second-order valence-corrected chi connectivity index (χ2v) is 4.54. The van der Waals surface area contributed by atoms with Crippen molar-refractivity contribution >= 4 is 11.7 Å². The van der Waals surface area contributed by atoms with Gasteiger partial charge in [0.25, 0.3) is 0 Å². The van der Waals surface area contributed by atoms with Gasteiger partial charge in [0.2, 0.25) is 0 Å². The number of aromatic carboxylic acids is 1. The number of likely N-dealkylation sites (tertiary alicyclic amines) is 1. The molecule has 0 aliphatic carbocycles. The molecule has 1 aromatic heterocycles. The monoisotopic (exact) mass is 249 g/mol. The first-order chi connectivity index (χ1) is 8.70. The number of carboxylic acids is 1. The first-order valence-electron chi connectivity index (χ1n) is 6.38. The van der Waals surface area contributed by atoms with Gasteiger partial charge in [0.1, 0.15) is 5.69 Å². The van der Waals surface area contributed by atoms with Crippen molar-refractivity contribution in [1.82, 2.24) is 9.88 Å². The molecule has 0 radical (unpaired) electrons. The first-order valence-corrected chi connectivity index (χ1v) is 6.38. The van der Waals surface area contributed by atoms with Gasteiger partial charge in [-0.2, -0.15) is 0 Å². The number of nitrogens with zero attached hydrogens (tertiary/aromatic N) is 2. The van der Waals surface area contributed by atoms with Crippen LogP contribution in [0.2, 0.25) is 0 Å². The van der Waals surface area contributed by atoms with Crippen molar-refractivity contribution in [1.29, 1.82) is 0 Å². The van der Waals surface area contributed by atoms with Gasteiger partial charge >= 0.3 is 5.97 Å². The predicted octanol–water partition coefficient (Wildman–Crippen LogP) is 1.68. The maximum absolute atomic E-state index is 10.7. The number of hydrogen-bond acceptors (Lipinski definition) is 4. The summed E-state index contributed by atoms with van der Waals surface area (Å²) in [7, 11) is 0. The molecule has 1 unspecified atom stereocenters. The molecule has 2 heterocycles. The van der Waals surface area contributed by atoms with E-state index in [0.717, 1.165) is 18.8 Å². The molecular formula is C13H19N3O2. The van der Waals surface area contributed by atoms with E-state index in [0.29, 0.717) is 6.04 Å². The molecule has 5 nitrogen and oxygen atoms in total. The number of carboxylic acid groups (broad SMARTS) is 1. The Morgan fingerprint density at radius 1 is 1.61 bits per heavy atom. The van der Waals surface area contributed by atoms with Crippen LogP contribution in [-0.2, 0) is 0 Å². The average Bonchev–Trinajstić information content (AvgIpc) is 2.84. The lowest BCUT2D eigenvalue weighted by Gasteiger charge is -2.23. The average molecular weight is 249 g/mol. The summed E-state index contributed by atoms with van der Waals surface area (Å²) in [5.41, 5.74) is 0.958. The first kappa shape index (κ1) is 12.8. The second-order valence-electron chi connectivity index (χ2n) is 4.54. The fourth-order valence-electron chi connectivity index (χ4n) is 2.40. The smallest absolute Gasteiger partial charge is 0.354 e. The number of rotatable bonds is 5. The molecule has 2 rings (SSSR count). The van der Waals surface area contributed by atoms with Gasteiger partial charge in [-0.25, -0.2) is 9.78 Å². The molecule has 0 aromatic carbocycles. The number of carbonyl (C=O) groups is 1. The summed E-state index contributed by atoms with van der Waals surface area (Å²) < 4.78 is 0. The Bertz CT molecular complexity index is 405. The summed E-state index contributed by atoms with van der Waals surface area (Å²) in [6.07, 6.45) is 4.06. The quantitative estimate of drug-likeness (QED) is 0.831. The van der Waals surface area contributed by atoms with Gasteiger partial charge in [0.15, 0.2) is 0 Å². The molecule has 0 bridgehead atoms. The van der Waals surface area contributed by atoms with Crippen LogP contribution in [0.3, 0.4) is 0 Å². The van der Waals surface area contributed by atoms with Crippen molar-refractivity contribution in [3.05, 3.63) is 24.0 Å². The van der Waals surface area contributed by atoms with Crippen molar-refractivity contribution in [2.75, 3.05) is 25.0 Å². The normalized spacial score (nSPS) is 19.9. The molecule has 1 fully saturated rings. The minimum absolute atomic E-state index is 0.0802. The molecule has 2 N–H and O–H groups in total. The molecule has 1 atom stereocenters. The molecule has 0 amide bonds. The van der Waals surface area contributed by atoms with Gasteiger partial charge in [-0.15, -0.1) is 0 Å². The zero-order valence-electron chi connectivity index (χ0n) is 10.6. The van der Waals surface area contributed by atoms with Crippen molar-refractivity contribution in [2.45, 2.75) is 25.8 Å². The van der Waals surface area contributed by atoms with E-state index in [-0.39, 0.29) is 5.69 Å². The van der Waals surface area contributed by atoms with Crippen LogP contribution in [0.15, 0.2) is 18.3 Å². The Morgan fingerprint density at radius 2 is 2.44 bits per heavy atom. The highest BCUT2D eigenvalue weighted by molar-refractivity contribution is 5.85. The predicted molar refractivity (Wildman–Crippen MR) is 70.0 cm³/mol. The largest absolute Gasteiger partial charge is 0.477 e. The maximum atomic E-state index is 10.7. The molecule has 1 aliphatic heterocycles. The lowest BCUT2D eigenvalue weighted by molar-refractivity contribution is 0.0690. The molecule has 1 aliphatic rings. The molecule has 98 valence electrons. The van der Waals surface area contributed by atoms with E-state index in [9.17, 15) is 4.79 Å². The standard InChI is InChI=1S/C13H19N3O2/c1-2-16-7-3-4-11(16)9-14-10-5-6-12(13(17)18)15-8-10/h5-6,8,11,14H,2-4,7,9H2,1H3,(H,17,18). The molecule has 5 heteroatoms. The number of pyridine rings is 1. The second kappa shape index (κ2) is 5.82. The highest BCUT2D eigenvalue weighted by atomic mass is 16.4. The summed E-state index contributed by atoms with van der Waals surface area (Å²) in [6.45, 7) is 5.34. The minimum Gasteiger partial charge on any atom is -0.477 e. The van der Waals surface area contributed by atoms with Crippen molar-refractivity contribution in [2.24, 2.45) is 0 Å². The van der Waals surface area contributed by atoms with Gasteiger partial charge in [0, 0.05) is 12.6 Å². The Morgan fingerprint density at radius 3 is 3.06 bits per heavy atom. The van der Waals surface area contributed by atoms with Crippen molar-refractivity contribution < 1.29 is 9.90 Å². The van der Waals surface area contributed by atoms with Gasteiger partial charge in [-0.1, -0.05) is 6.92 Å². The van der Waals surface area contributed by atoms with E-state index in [1.54, 1.807) is 12.3 Å². The van der Waals surface area contributed by atoms with E-state index >= 15 is 0 Å². The SMILES string of the molecule is CCN1CCCC1CNc1ccc(C(=O)O)nc1. The third-order valence-corrected chi connectivity index (χ3v) is 3.43. The third-order valence-electron chi connectivity index (χ3n) is 3.43. The van der Waals surface area contributed by atoms with Crippen LogP contribution in [-0.4, -0.2) is 46.6 Å². The molecule has 18 heavy (non-hydrogen) atoms. The van der Waals surface area contributed by atoms with E-state index < -0.39 is 5.97 Å². The topological polar surface area (TPSA) is 65.5 Å². The van der Waals surface area contributed by atoms with Crippen LogP contribution in [0, 0.1) is 0 Å². The fraction of sp³-hybridized carbons (Fsp3) is 0.538. The highest BCUT2D eigenvalue weighted by Gasteiger charge is 2.22. The number of nitrogens with one attached hydrogen (secondary N) is 1. The summed E-state index contributed by atoms with van der Waals surface area (Å²) in [5, 5.41) is 12.1. The summed E-state index contributed by atoms with van der Waals surface area (Å²) in [5.74, 6) is -0.991. The van der Waals surface area contributed by atoms with Crippen molar-refractivity contribution in [3.63, 3.8) is 0 Å². The van der Waals surface area contributed by atoms with Gasteiger partial charge in [-0.05, 0) is 38.1 Å². The Hall–Kier alpha value is -1.62. The highest BCUT2D eigenvalue weighted by Crippen LogP contribution is 2.17. The minimum atomic E-state index is -0.991. The zero-order valence-corrected chi connectivity index (χ0v) is 10.6. The van der Waals surface area contributed by atoms with Crippen LogP contribution < -0.4 is 5.32 Å². The summed E-state index contributed by atoms with van der Waals surface area (Å²) >= 11 is 0. The third kappa shape index (κ3) is 2.98. The van der Waals surface area contributed by atoms with Gasteiger partial charge in [-0.3, -0.25) is 4.90 Å².